The van der Waals surface area contributed by atoms with Gasteiger partial charge in [0, 0.05) is 20.8 Å². The molecule has 106 valence electrons. The van der Waals surface area contributed by atoms with Crippen molar-refractivity contribution in [3.05, 3.63) is 52.0 Å². The molecule has 0 N–H and O–H groups in total. The van der Waals surface area contributed by atoms with Gasteiger partial charge < -0.3 is 4.74 Å². The van der Waals surface area contributed by atoms with Crippen LogP contribution in [0.15, 0.2) is 41.0 Å². The molecule has 0 fully saturated rings. The summed E-state index contributed by atoms with van der Waals surface area (Å²) in [6.45, 7) is 0. The molecule has 0 atom stereocenters. The smallest absolute Gasteiger partial charge is 0.159 e. The average Bonchev–Trinajstić information content (AvgIpc) is 2.47. The topological polar surface area (TPSA) is 35.0 Å². The molecule has 0 bridgehead atoms. The van der Waals surface area contributed by atoms with Gasteiger partial charge in [-0.1, -0.05) is 27.5 Å². The van der Waals surface area contributed by atoms with Gasteiger partial charge in [-0.25, -0.2) is 4.39 Å². The zero-order chi connectivity index (χ0) is 15.0. The summed E-state index contributed by atoms with van der Waals surface area (Å²) in [6, 6.07) is 8.33. The van der Waals surface area contributed by atoms with Crippen LogP contribution in [0.5, 0.6) is 5.75 Å². The highest BCUT2D eigenvalue weighted by molar-refractivity contribution is 9.10. The van der Waals surface area contributed by atoms with Gasteiger partial charge in [0.2, 0.25) is 0 Å². The van der Waals surface area contributed by atoms with E-state index < -0.39 is 5.82 Å². The Labute approximate surface area is 133 Å². The molecule has 0 spiro atoms. The first-order chi connectivity index (χ1) is 10.1. The van der Waals surface area contributed by atoms with Gasteiger partial charge >= 0.3 is 0 Å². The minimum atomic E-state index is -0.391. The van der Waals surface area contributed by atoms with Crippen LogP contribution in [-0.2, 0) is 0 Å². The van der Waals surface area contributed by atoms with Gasteiger partial charge in [0.05, 0.1) is 13.3 Å². The standard InChI is InChI=1S/C15H9BrClFN2O/c1-21-14-4-8(16)2-3-10(14)11-5-9(18)6-12-13(11)7-19-20-15(12)17/h2-7H,1H3. The Bertz CT molecular complexity index is 841. The van der Waals surface area contributed by atoms with Crippen molar-refractivity contribution in [2.75, 3.05) is 7.11 Å². The zero-order valence-corrected chi connectivity index (χ0v) is 13.2. The second kappa shape index (κ2) is 5.58. The van der Waals surface area contributed by atoms with Crippen LogP contribution in [0.2, 0.25) is 5.15 Å². The maximum atomic E-state index is 13.9. The fourth-order valence-electron chi connectivity index (χ4n) is 2.23. The molecule has 0 amide bonds. The molecule has 6 heteroatoms. The van der Waals surface area contributed by atoms with Crippen LogP contribution in [0.4, 0.5) is 4.39 Å². The zero-order valence-electron chi connectivity index (χ0n) is 10.9. The number of ether oxygens (including phenoxy) is 1. The Morgan fingerprint density at radius 2 is 1.95 bits per heavy atom. The lowest BCUT2D eigenvalue weighted by molar-refractivity contribution is 0.416. The summed E-state index contributed by atoms with van der Waals surface area (Å²) in [4.78, 5) is 0. The number of aromatic nitrogens is 2. The SMILES string of the molecule is COc1cc(Br)ccc1-c1cc(F)cc2c(Cl)nncc12. The molecular formula is C15H9BrClFN2O. The van der Waals surface area contributed by atoms with E-state index in [-0.39, 0.29) is 5.15 Å². The average molecular weight is 368 g/mol. The molecule has 1 heterocycles. The van der Waals surface area contributed by atoms with Gasteiger partial charge in [0.1, 0.15) is 11.6 Å². The lowest BCUT2D eigenvalue weighted by Crippen LogP contribution is -1.92. The largest absolute Gasteiger partial charge is 0.496 e. The van der Waals surface area contributed by atoms with E-state index >= 15 is 0 Å². The Morgan fingerprint density at radius 3 is 2.71 bits per heavy atom. The molecule has 3 aromatic rings. The van der Waals surface area contributed by atoms with E-state index in [1.165, 1.54) is 12.1 Å². The Balaban J connectivity index is 2.38. The first-order valence-electron chi connectivity index (χ1n) is 6.04. The van der Waals surface area contributed by atoms with Crippen LogP contribution < -0.4 is 4.74 Å². The van der Waals surface area contributed by atoms with Gasteiger partial charge in [-0.2, -0.15) is 5.10 Å². The quantitative estimate of drug-likeness (QED) is 0.649. The van der Waals surface area contributed by atoms with Gasteiger partial charge in [-0.3, -0.25) is 0 Å². The lowest BCUT2D eigenvalue weighted by Gasteiger charge is -2.12. The van der Waals surface area contributed by atoms with Crippen molar-refractivity contribution in [1.29, 1.82) is 0 Å². The van der Waals surface area contributed by atoms with E-state index in [1.807, 2.05) is 18.2 Å². The maximum absolute atomic E-state index is 13.9. The number of fused-ring (bicyclic) bond motifs is 1. The molecule has 2 aromatic carbocycles. The Hall–Kier alpha value is -1.72. The van der Waals surface area contributed by atoms with Crippen LogP contribution in [0.1, 0.15) is 0 Å². The van der Waals surface area contributed by atoms with Crippen LogP contribution in [-0.4, -0.2) is 17.3 Å². The summed E-state index contributed by atoms with van der Waals surface area (Å²) in [6.07, 6.45) is 1.57. The van der Waals surface area contributed by atoms with Crippen molar-refractivity contribution in [2.24, 2.45) is 0 Å². The summed E-state index contributed by atoms with van der Waals surface area (Å²) >= 11 is 9.40. The van der Waals surface area contributed by atoms with Gasteiger partial charge in [0.25, 0.3) is 0 Å². The highest BCUT2D eigenvalue weighted by atomic mass is 79.9. The Morgan fingerprint density at radius 1 is 1.14 bits per heavy atom. The molecule has 3 nitrogen and oxygen atoms in total. The highest BCUT2D eigenvalue weighted by Crippen LogP contribution is 2.38. The summed E-state index contributed by atoms with van der Waals surface area (Å²) in [7, 11) is 1.57. The van der Waals surface area contributed by atoms with E-state index in [9.17, 15) is 4.39 Å². The van der Waals surface area contributed by atoms with Crippen LogP contribution in [0.3, 0.4) is 0 Å². The predicted octanol–water partition coefficient (Wildman–Crippen LogP) is 4.86. The number of methoxy groups -OCH3 is 1. The van der Waals surface area contributed by atoms with Crippen LogP contribution in [0, 0.1) is 5.82 Å². The summed E-state index contributed by atoms with van der Waals surface area (Å²) < 4.78 is 20.2. The van der Waals surface area contributed by atoms with Crippen molar-refractivity contribution in [2.45, 2.75) is 0 Å². The molecule has 0 unspecified atom stereocenters. The number of rotatable bonds is 2. The molecule has 0 saturated heterocycles. The predicted molar refractivity (Wildman–Crippen MR) is 84.2 cm³/mol. The minimum Gasteiger partial charge on any atom is -0.496 e. The van der Waals surface area contributed by atoms with E-state index in [0.717, 1.165) is 15.4 Å². The van der Waals surface area contributed by atoms with E-state index in [0.29, 0.717) is 16.7 Å². The minimum absolute atomic E-state index is 0.171. The Kier molecular flexibility index (Phi) is 3.78. The molecule has 0 saturated carbocycles. The number of hydrogen-bond acceptors (Lipinski definition) is 3. The molecule has 21 heavy (non-hydrogen) atoms. The van der Waals surface area contributed by atoms with Gasteiger partial charge in [0.15, 0.2) is 5.15 Å². The van der Waals surface area contributed by atoms with Crippen LogP contribution in [0.25, 0.3) is 21.9 Å². The lowest BCUT2D eigenvalue weighted by atomic mass is 9.99. The number of hydrogen-bond donors (Lipinski definition) is 0. The van der Waals surface area contributed by atoms with E-state index in [2.05, 4.69) is 26.1 Å². The summed E-state index contributed by atoms with van der Waals surface area (Å²) in [5.41, 5.74) is 1.42. The fraction of sp³-hybridized carbons (Fsp3) is 0.0667. The van der Waals surface area contributed by atoms with Crippen LogP contribution >= 0.6 is 27.5 Å². The number of nitrogens with zero attached hydrogens (tertiary/aromatic N) is 2. The molecule has 0 aliphatic rings. The monoisotopic (exact) mass is 366 g/mol. The second-order valence-electron chi connectivity index (χ2n) is 4.39. The van der Waals surface area contributed by atoms with Gasteiger partial charge in [-0.05, 0) is 35.9 Å². The fourth-order valence-corrected chi connectivity index (χ4v) is 2.77. The third-order valence-corrected chi connectivity index (χ3v) is 3.93. The third-order valence-electron chi connectivity index (χ3n) is 3.15. The summed E-state index contributed by atoms with van der Waals surface area (Å²) in [5.74, 6) is 0.238. The molecule has 1 aromatic heterocycles. The number of benzene rings is 2. The molecule has 0 aliphatic heterocycles. The third kappa shape index (κ3) is 2.59. The van der Waals surface area contributed by atoms with Crippen molar-refractivity contribution < 1.29 is 9.13 Å². The number of halogens is 3. The highest BCUT2D eigenvalue weighted by Gasteiger charge is 2.14. The first-order valence-corrected chi connectivity index (χ1v) is 7.21. The molecule has 0 radical (unpaired) electrons. The van der Waals surface area contributed by atoms with Crippen molar-refractivity contribution >= 4 is 38.3 Å². The van der Waals surface area contributed by atoms with Gasteiger partial charge in [-0.15, -0.1) is 5.10 Å². The molecule has 3 rings (SSSR count). The van der Waals surface area contributed by atoms with E-state index in [1.54, 1.807) is 13.3 Å². The van der Waals surface area contributed by atoms with Crippen molar-refractivity contribution in [1.82, 2.24) is 10.2 Å². The first kappa shape index (κ1) is 14.2. The normalized spacial score (nSPS) is 10.9. The summed E-state index contributed by atoms with van der Waals surface area (Å²) in [5, 5.41) is 9.01. The maximum Gasteiger partial charge on any atom is 0.159 e. The molecular weight excluding hydrogens is 359 g/mol. The van der Waals surface area contributed by atoms with Crippen molar-refractivity contribution in [3.8, 4) is 16.9 Å². The van der Waals surface area contributed by atoms with E-state index in [4.69, 9.17) is 16.3 Å². The second-order valence-corrected chi connectivity index (χ2v) is 5.67. The molecule has 0 aliphatic carbocycles. The van der Waals surface area contributed by atoms with Crippen molar-refractivity contribution in [3.63, 3.8) is 0 Å².